The van der Waals surface area contributed by atoms with Crippen molar-refractivity contribution < 1.29 is 4.79 Å². The standard InChI is InChI=1S/C8H14N4O/c1-9-3-4-12(2)8(13)7-5-10-11-6-7/h5-6,9H,3-4H2,1-2H3,(H,10,11). The van der Waals surface area contributed by atoms with E-state index in [4.69, 9.17) is 0 Å². The highest BCUT2D eigenvalue weighted by atomic mass is 16.2. The summed E-state index contributed by atoms with van der Waals surface area (Å²) in [6.45, 7) is 1.49. The van der Waals surface area contributed by atoms with Crippen LogP contribution >= 0.6 is 0 Å². The van der Waals surface area contributed by atoms with Gasteiger partial charge < -0.3 is 10.2 Å². The van der Waals surface area contributed by atoms with Gasteiger partial charge in [0.1, 0.15) is 0 Å². The van der Waals surface area contributed by atoms with Crippen molar-refractivity contribution in [1.82, 2.24) is 20.4 Å². The number of nitrogens with one attached hydrogen (secondary N) is 2. The van der Waals surface area contributed by atoms with Gasteiger partial charge in [-0.15, -0.1) is 0 Å². The summed E-state index contributed by atoms with van der Waals surface area (Å²) >= 11 is 0. The smallest absolute Gasteiger partial charge is 0.256 e. The monoisotopic (exact) mass is 182 g/mol. The van der Waals surface area contributed by atoms with Crippen molar-refractivity contribution in [3.05, 3.63) is 18.0 Å². The molecule has 0 aliphatic rings. The van der Waals surface area contributed by atoms with Crippen LogP contribution in [-0.2, 0) is 0 Å². The van der Waals surface area contributed by atoms with E-state index in [-0.39, 0.29) is 5.91 Å². The Morgan fingerprint density at radius 3 is 3.08 bits per heavy atom. The Morgan fingerprint density at radius 2 is 2.54 bits per heavy atom. The van der Waals surface area contributed by atoms with Crippen LogP contribution in [0.3, 0.4) is 0 Å². The van der Waals surface area contributed by atoms with E-state index >= 15 is 0 Å². The quantitative estimate of drug-likeness (QED) is 0.672. The molecule has 0 aliphatic heterocycles. The Morgan fingerprint density at radius 1 is 1.77 bits per heavy atom. The lowest BCUT2D eigenvalue weighted by molar-refractivity contribution is 0.0797. The first-order valence-electron chi connectivity index (χ1n) is 4.14. The van der Waals surface area contributed by atoms with Gasteiger partial charge in [-0.2, -0.15) is 5.10 Å². The van der Waals surface area contributed by atoms with Gasteiger partial charge in [0.2, 0.25) is 0 Å². The number of likely N-dealkylation sites (N-methyl/N-ethyl adjacent to an activating group) is 2. The minimum absolute atomic E-state index is 0.0102. The van der Waals surface area contributed by atoms with Crippen LogP contribution in [0.5, 0.6) is 0 Å². The molecule has 0 unspecified atom stereocenters. The molecule has 0 atom stereocenters. The van der Waals surface area contributed by atoms with Crippen molar-refractivity contribution in [2.45, 2.75) is 0 Å². The maximum Gasteiger partial charge on any atom is 0.256 e. The highest BCUT2D eigenvalue weighted by Gasteiger charge is 2.10. The molecular weight excluding hydrogens is 168 g/mol. The van der Waals surface area contributed by atoms with Crippen LogP contribution in [-0.4, -0.2) is 48.2 Å². The Bertz CT molecular complexity index is 257. The minimum Gasteiger partial charge on any atom is -0.340 e. The number of H-pyrrole nitrogens is 1. The number of aromatic amines is 1. The van der Waals surface area contributed by atoms with Gasteiger partial charge in [-0.3, -0.25) is 9.89 Å². The number of nitrogens with zero attached hydrogens (tertiary/aromatic N) is 2. The van der Waals surface area contributed by atoms with Gasteiger partial charge in [0, 0.05) is 26.3 Å². The third-order valence-electron chi connectivity index (χ3n) is 1.79. The second-order valence-electron chi connectivity index (χ2n) is 2.82. The van der Waals surface area contributed by atoms with Gasteiger partial charge in [-0.05, 0) is 7.05 Å². The SMILES string of the molecule is CNCCN(C)C(=O)c1cn[nH]c1. The van der Waals surface area contributed by atoms with Crippen molar-refractivity contribution in [2.75, 3.05) is 27.2 Å². The van der Waals surface area contributed by atoms with Gasteiger partial charge in [-0.1, -0.05) is 0 Å². The molecule has 0 spiro atoms. The molecule has 1 heterocycles. The van der Waals surface area contributed by atoms with E-state index in [9.17, 15) is 4.79 Å². The predicted molar refractivity (Wildman–Crippen MR) is 49.5 cm³/mol. The number of rotatable bonds is 4. The Labute approximate surface area is 77.1 Å². The molecule has 5 heteroatoms. The van der Waals surface area contributed by atoms with E-state index in [1.54, 1.807) is 18.1 Å². The Hall–Kier alpha value is -1.36. The number of amides is 1. The first-order valence-corrected chi connectivity index (χ1v) is 4.14. The number of aromatic nitrogens is 2. The fourth-order valence-electron chi connectivity index (χ4n) is 0.969. The average Bonchev–Trinajstić information content (AvgIpc) is 2.65. The van der Waals surface area contributed by atoms with E-state index in [2.05, 4.69) is 15.5 Å². The molecule has 0 bridgehead atoms. The van der Waals surface area contributed by atoms with Crippen molar-refractivity contribution in [3.8, 4) is 0 Å². The maximum atomic E-state index is 11.5. The Balaban J connectivity index is 2.48. The topological polar surface area (TPSA) is 61.0 Å². The third-order valence-corrected chi connectivity index (χ3v) is 1.79. The molecule has 13 heavy (non-hydrogen) atoms. The van der Waals surface area contributed by atoms with E-state index in [1.807, 2.05) is 7.05 Å². The van der Waals surface area contributed by atoms with E-state index in [0.29, 0.717) is 12.1 Å². The number of carbonyl (C=O) groups excluding carboxylic acids is 1. The molecule has 72 valence electrons. The van der Waals surface area contributed by atoms with Crippen LogP contribution in [0.25, 0.3) is 0 Å². The summed E-state index contributed by atoms with van der Waals surface area (Å²) in [4.78, 5) is 13.2. The number of hydrogen-bond acceptors (Lipinski definition) is 3. The van der Waals surface area contributed by atoms with Gasteiger partial charge in [-0.25, -0.2) is 0 Å². The van der Waals surface area contributed by atoms with Crippen LogP contribution in [0.4, 0.5) is 0 Å². The first kappa shape index (κ1) is 9.73. The lowest BCUT2D eigenvalue weighted by Crippen LogP contribution is -2.32. The van der Waals surface area contributed by atoms with Gasteiger partial charge >= 0.3 is 0 Å². The first-order chi connectivity index (χ1) is 6.25. The molecule has 0 saturated carbocycles. The summed E-state index contributed by atoms with van der Waals surface area (Å²) in [6, 6.07) is 0. The fourth-order valence-corrected chi connectivity index (χ4v) is 0.969. The molecule has 5 nitrogen and oxygen atoms in total. The van der Waals surface area contributed by atoms with Crippen LogP contribution in [0, 0.1) is 0 Å². The van der Waals surface area contributed by atoms with Crippen LogP contribution in [0.15, 0.2) is 12.4 Å². The second kappa shape index (κ2) is 4.61. The molecule has 1 aromatic rings. The molecule has 1 rings (SSSR count). The molecule has 0 aromatic carbocycles. The van der Waals surface area contributed by atoms with Crippen molar-refractivity contribution in [3.63, 3.8) is 0 Å². The van der Waals surface area contributed by atoms with Gasteiger partial charge in [0.05, 0.1) is 11.8 Å². The van der Waals surface area contributed by atoms with Crippen LogP contribution in [0.1, 0.15) is 10.4 Å². The number of hydrogen-bond donors (Lipinski definition) is 2. The highest BCUT2D eigenvalue weighted by molar-refractivity contribution is 5.93. The lowest BCUT2D eigenvalue weighted by Gasteiger charge is -2.15. The molecule has 1 aromatic heterocycles. The van der Waals surface area contributed by atoms with E-state index in [1.165, 1.54) is 6.20 Å². The van der Waals surface area contributed by atoms with Gasteiger partial charge in [0.15, 0.2) is 0 Å². The van der Waals surface area contributed by atoms with E-state index < -0.39 is 0 Å². The van der Waals surface area contributed by atoms with Crippen molar-refractivity contribution >= 4 is 5.91 Å². The zero-order chi connectivity index (χ0) is 9.68. The van der Waals surface area contributed by atoms with Crippen molar-refractivity contribution in [1.29, 1.82) is 0 Å². The third kappa shape index (κ3) is 2.55. The zero-order valence-electron chi connectivity index (χ0n) is 7.87. The molecule has 1 amide bonds. The molecule has 0 saturated heterocycles. The Kier molecular flexibility index (Phi) is 3.45. The van der Waals surface area contributed by atoms with Crippen LogP contribution < -0.4 is 5.32 Å². The summed E-state index contributed by atoms with van der Waals surface area (Å²) in [5.41, 5.74) is 0.596. The van der Waals surface area contributed by atoms with Gasteiger partial charge in [0.25, 0.3) is 5.91 Å². The largest absolute Gasteiger partial charge is 0.340 e. The minimum atomic E-state index is -0.0102. The van der Waals surface area contributed by atoms with Crippen molar-refractivity contribution in [2.24, 2.45) is 0 Å². The molecule has 0 fully saturated rings. The highest BCUT2D eigenvalue weighted by Crippen LogP contribution is 1.98. The predicted octanol–water partition coefficient (Wildman–Crippen LogP) is -0.299. The van der Waals surface area contributed by atoms with E-state index in [0.717, 1.165) is 6.54 Å². The van der Waals surface area contributed by atoms with Crippen LogP contribution in [0.2, 0.25) is 0 Å². The molecular formula is C8H14N4O. The molecule has 2 N–H and O–H groups in total. The molecule has 0 radical (unpaired) electrons. The summed E-state index contributed by atoms with van der Waals surface area (Å²) in [6.07, 6.45) is 3.12. The number of carbonyl (C=O) groups is 1. The summed E-state index contributed by atoms with van der Waals surface area (Å²) in [5, 5.41) is 9.31. The normalized spacial score (nSPS) is 10.0. The molecule has 0 aliphatic carbocycles. The average molecular weight is 182 g/mol. The summed E-state index contributed by atoms with van der Waals surface area (Å²) < 4.78 is 0. The zero-order valence-corrected chi connectivity index (χ0v) is 7.87. The lowest BCUT2D eigenvalue weighted by atomic mass is 10.3. The second-order valence-corrected chi connectivity index (χ2v) is 2.82. The fraction of sp³-hybridized carbons (Fsp3) is 0.500. The summed E-state index contributed by atoms with van der Waals surface area (Å²) in [5.74, 6) is -0.0102. The maximum absolute atomic E-state index is 11.5. The summed E-state index contributed by atoms with van der Waals surface area (Å²) in [7, 11) is 3.63.